The van der Waals surface area contributed by atoms with Crippen LogP contribution in [-0.2, 0) is 9.59 Å². The van der Waals surface area contributed by atoms with Gasteiger partial charge >= 0.3 is 49.7 Å². The average Bonchev–Trinajstić information content (AvgIpc) is 2.30. The van der Waals surface area contributed by atoms with Crippen molar-refractivity contribution < 1.29 is 19.8 Å². The molecule has 0 spiro atoms. The number of carboxylic acid groups (broad SMARTS) is 2. The third-order valence-electron chi connectivity index (χ3n) is 4.17. The van der Waals surface area contributed by atoms with Crippen LogP contribution >= 0.6 is 0 Å². The molecule has 0 radical (unpaired) electrons. The van der Waals surface area contributed by atoms with Gasteiger partial charge in [0.05, 0.1) is 0 Å². The van der Waals surface area contributed by atoms with Crippen molar-refractivity contribution in [1.29, 1.82) is 0 Å². The molecule has 0 rings (SSSR count). The van der Waals surface area contributed by atoms with Gasteiger partial charge in [-0.2, -0.15) is 0 Å². The fourth-order valence-electron chi connectivity index (χ4n) is 2.67. The summed E-state index contributed by atoms with van der Waals surface area (Å²) in [6, 6.07) is 0. The van der Waals surface area contributed by atoms with E-state index in [4.69, 9.17) is 0 Å². The van der Waals surface area contributed by atoms with Crippen LogP contribution in [0.15, 0.2) is 0 Å². The van der Waals surface area contributed by atoms with E-state index in [1.54, 1.807) is 20.8 Å². The van der Waals surface area contributed by atoms with Crippen LogP contribution in [0.25, 0.3) is 0 Å². The Morgan fingerprint density at radius 3 is 1.52 bits per heavy atom. The fraction of sp³-hybridized carbons (Fsp3) is 0.875. The maximum absolute atomic E-state index is 11.5. The van der Waals surface area contributed by atoms with Crippen molar-refractivity contribution in [3.8, 4) is 0 Å². The minimum absolute atomic E-state index is 0. The van der Waals surface area contributed by atoms with Crippen molar-refractivity contribution >= 4 is 49.7 Å². The normalized spacial score (nSPS) is 11.8. The molecule has 0 aromatic rings. The van der Waals surface area contributed by atoms with Crippen molar-refractivity contribution in [3.63, 3.8) is 0 Å². The van der Waals surface area contributed by atoms with Gasteiger partial charge in [0, 0.05) is 0 Å². The van der Waals surface area contributed by atoms with E-state index in [1.165, 1.54) is 19.3 Å². The first-order chi connectivity index (χ1) is 9.20. The summed E-state index contributed by atoms with van der Waals surface area (Å²) in [6.07, 6.45) is 7.61. The van der Waals surface area contributed by atoms with Gasteiger partial charge < -0.3 is 10.2 Å². The summed E-state index contributed by atoms with van der Waals surface area (Å²) in [5.41, 5.74) is -2.48. The Hall–Kier alpha value is 0.200. The minimum atomic E-state index is -1.68. The molecule has 5 heteroatoms. The van der Waals surface area contributed by atoms with E-state index in [1.807, 2.05) is 0 Å². The van der Waals surface area contributed by atoms with Crippen molar-refractivity contribution in [1.82, 2.24) is 0 Å². The summed E-state index contributed by atoms with van der Waals surface area (Å²) in [5.74, 6) is -2.44. The van der Waals surface area contributed by atoms with Gasteiger partial charge in [0.25, 0.3) is 0 Å². The van der Waals surface area contributed by atoms with Crippen LogP contribution in [0.1, 0.15) is 79.1 Å². The van der Waals surface area contributed by atoms with Gasteiger partial charge in [-0.1, -0.05) is 72.6 Å². The monoisotopic (exact) mass is 328 g/mol. The van der Waals surface area contributed by atoms with Gasteiger partial charge in [-0.3, -0.25) is 9.59 Å². The summed E-state index contributed by atoms with van der Waals surface area (Å²) in [7, 11) is 0. The average molecular weight is 329 g/mol. The van der Waals surface area contributed by atoms with Gasteiger partial charge in [0.2, 0.25) is 0 Å². The Morgan fingerprint density at radius 1 is 0.810 bits per heavy atom. The predicted octanol–water partition coefficient (Wildman–Crippen LogP) is 3.41. The standard InChI is InChI=1S/C16H30O4.Ca.2H/c1-5-6-7-8-9-10-11-12-16(13(17)18,14(19)20)15(2,3)4;;;/h5-12H2,1-4H3,(H,17,18)(H,19,20);;;. The number of carbonyl (C=O) groups is 2. The van der Waals surface area contributed by atoms with E-state index in [9.17, 15) is 19.8 Å². The zero-order valence-corrected chi connectivity index (χ0v) is 13.4. The first kappa shape index (κ1) is 23.5. The molecule has 122 valence electrons. The van der Waals surface area contributed by atoms with Gasteiger partial charge in [-0.25, -0.2) is 0 Å². The molecule has 0 saturated heterocycles. The summed E-state index contributed by atoms with van der Waals surface area (Å²) in [6.45, 7) is 7.24. The molecule has 0 fully saturated rings. The molecule has 0 aromatic heterocycles. The number of hydrogen-bond donors (Lipinski definition) is 2. The van der Waals surface area contributed by atoms with Crippen molar-refractivity contribution in [3.05, 3.63) is 0 Å². The molecule has 0 aromatic carbocycles. The maximum atomic E-state index is 11.5. The predicted molar refractivity (Wildman–Crippen MR) is 88.3 cm³/mol. The Kier molecular flexibility index (Phi) is 12.1. The second kappa shape index (κ2) is 10.8. The molecule has 0 heterocycles. The van der Waals surface area contributed by atoms with E-state index in [-0.39, 0.29) is 44.2 Å². The van der Waals surface area contributed by atoms with Crippen LogP contribution in [0, 0.1) is 10.8 Å². The van der Waals surface area contributed by atoms with Crippen molar-refractivity contribution in [2.45, 2.75) is 79.1 Å². The second-order valence-corrected chi connectivity index (χ2v) is 6.64. The third-order valence-corrected chi connectivity index (χ3v) is 4.17. The van der Waals surface area contributed by atoms with Gasteiger partial charge in [0.15, 0.2) is 5.41 Å². The Bertz CT molecular complexity index is 307. The summed E-state index contributed by atoms with van der Waals surface area (Å²) < 4.78 is 0. The zero-order valence-electron chi connectivity index (χ0n) is 13.4. The fourth-order valence-corrected chi connectivity index (χ4v) is 2.67. The van der Waals surface area contributed by atoms with E-state index in [2.05, 4.69) is 6.92 Å². The molecule has 0 bridgehead atoms. The molecule has 0 aliphatic heterocycles. The molecule has 21 heavy (non-hydrogen) atoms. The van der Waals surface area contributed by atoms with E-state index >= 15 is 0 Å². The molecule has 0 unspecified atom stereocenters. The number of aliphatic carboxylic acids is 2. The zero-order chi connectivity index (χ0) is 15.8. The molecule has 2 N–H and O–H groups in total. The molecular formula is C16H32CaO4. The quantitative estimate of drug-likeness (QED) is 0.366. The van der Waals surface area contributed by atoms with Gasteiger partial charge in [-0.15, -0.1) is 0 Å². The van der Waals surface area contributed by atoms with Crippen LogP contribution in [0.5, 0.6) is 0 Å². The van der Waals surface area contributed by atoms with E-state index in [0.717, 1.165) is 19.3 Å². The molecule has 0 amide bonds. The van der Waals surface area contributed by atoms with Crippen molar-refractivity contribution in [2.24, 2.45) is 10.8 Å². The number of carboxylic acids is 2. The number of rotatable bonds is 10. The molecule has 0 saturated carbocycles. The van der Waals surface area contributed by atoms with Crippen LogP contribution in [0.4, 0.5) is 0 Å². The molecule has 0 aliphatic rings. The first-order valence-corrected chi connectivity index (χ1v) is 7.67. The Labute approximate surface area is 158 Å². The number of unbranched alkanes of at least 4 members (excludes halogenated alkanes) is 6. The Balaban J connectivity index is 0. The molecule has 4 nitrogen and oxygen atoms in total. The summed E-state index contributed by atoms with van der Waals surface area (Å²) >= 11 is 0. The van der Waals surface area contributed by atoms with Crippen LogP contribution in [-0.4, -0.2) is 59.9 Å². The topological polar surface area (TPSA) is 74.6 Å². The van der Waals surface area contributed by atoms with Crippen LogP contribution in [0.2, 0.25) is 0 Å². The summed E-state index contributed by atoms with van der Waals surface area (Å²) in [4.78, 5) is 23.1. The van der Waals surface area contributed by atoms with Gasteiger partial charge in [0.1, 0.15) is 0 Å². The Morgan fingerprint density at radius 2 is 1.19 bits per heavy atom. The van der Waals surface area contributed by atoms with Crippen LogP contribution in [0.3, 0.4) is 0 Å². The summed E-state index contributed by atoms with van der Waals surface area (Å²) in [5, 5.41) is 18.8. The molecule has 0 atom stereocenters. The molecular weight excluding hydrogens is 296 g/mol. The van der Waals surface area contributed by atoms with Crippen molar-refractivity contribution in [2.75, 3.05) is 0 Å². The molecule has 0 aliphatic carbocycles. The second-order valence-electron chi connectivity index (χ2n) is 6.64. The number of hydrogen-bond acceptors (Lipinski definition) is 2. The van der Waals surface area contributed by atoms with E-state index in [0.29, 0.717) is 6.42 Å². The van der Waals surface area contributed by atoms with E-state index < -0.39 is 22.8 Å². The van der Waals surface area contributed by atoms with Crippen LogP contribution < -0.4 is 0 Å². The van der Waals surface area contributed by atoms with Gasteiger partial charge in [-0.05, 0) is 11.8 Å². The SMILES string of the molecule is CCCCCCCCCC(C(=O)O)(C(=O)O)C(C)(C)C.[CaH2]. The first-order valence-electron chi connectivity index (χ1n) is 7.67. The third kappa shape index (κ3) is 6.87.